The molecule has 0 heterocycles. The summed E-state index contributed by atoms with van der Waals surface area (Å²) in [5, 5.41) is 2.53. The van der Waals surface area contributed by atoms with Gasteiger partial charge in [0.2, 0.25) is 5.91 Å². The molecule has 0 saturated carbocycles. The van der Waals surface area contributed by atoms with Gasteiger partial charge in [-0.25, -0.2) is 8.78 Å². The molecule has 0 atom stereocenters. The number of halogens is 2. The van der Waals surface area contributed by atoms with E-state index in [1.54, 1.807) is 20.8 Å². The number of rotatable bonds is 5. The number of ether oxygens (including phenoxy) is 1. The zero-order valence-corrected chi connectivity index (χ0v) is 12.3. The van der Waals surface area contributed by atoms with Gasteiger partial charge in [0.25, 0.3) is 0 Å². The van der Waals surface area contributed by atoms with Crippen molar-refractivity contribution < 1.29 is 23.1 Å². The second-order valence-corrected chi connectivity index (χ2v) is 5.61. The molecule has 1 N–H and O–H groups in total. The van der Waals surface area contributed by atoms with Gasteiger partial charge in [0, 0.05) is 13.0 Å². The first-order valence-electron chi connectivity index (χ1n) is 6.60. The minimum absolute atomic E-state index is 0.0153. The summed E-state index contributed by atoms with van der Waals surface area (Å²) in [7, 11) is 0. The van der Waals surface area contributed by atoms with Crippen LogP contribution in [0.5, 0.6) is 0 Å². The third-order valence-corrected chi connectivity index (χ3v) is 2.45. The van der Waals surface area contributed by atoms with Crippen LogP contribution in [0.1, 0.15) is 39.2 Å². The highest BCUT2D eigenvalue weighted by Crippen LogP contribution is 2.10. The Bertz CT molecular complexity index is 524. The van der Waals surface area contributed by atoms with Crippen molar-refractivity contribution >= 4 is 11.9 Å². The van der Waals surface area contributed by atoms with Gasteiger partial charge in [-0.1, -0.05) is 6.07 Å². The molecule has 0 unspecified atom stereocenters. The number of hydrogen-bond acceptors (Lipinski definition) is 3. The van der Waals surface area contributed by atoms with E-state index >= 15 is 0 Å². The third kappa shape index (κ3) is 6.83. The molecule has 0 radical (unpaired) electrons. The van der Waals surface area contributed by atoms with Gasteiger partial charge >= 0.3 is 5.97 Å². The molecular formula is C15H19F2NO3. The zero-order valence-electron chi connectivity index (χ0n) is 12.3. The van der Waals surface area contributed by atoms with Crippen LogP contribution in [0.25, 0.3) is 0 Å². The fourth-order valence-corrected chi connectivity index (χ4v) is 1.55. The van der Waals surface area contributed by atoms with Crippen LogP contribution in [0.2, 0.25) is 0 Å². The van der Waals surface area contributed by atoms with Crippen LogP contribution in [-0.2, 0) is 20.9 Å². The van der Waals surface area contributed by atoms with Crippen LogP contribution in [0.3, 0.4) is 0 Å². The van der Waals surface area contributed by atoms with Crippen LogP contribution >= 0.6 is 0 Å². The van der Waals surface area contributed by atoms with Gasteiger partial charge in [0.15, 0.2) is 11.6 Å². The number of carbonyl (C=O) groups is 2. The van der Waals surface area contributed by atoms with Crippen LogP contribution in [0, 0.1) is 11.6 Å². The van der Waals surface area contributed by atoms with Gasteiger partial charge in [-0.15, -0.1) is 0 Å². The van der Waals surface area contributed by atoms with Crippen LogP contribution in [0.4, 0.5) is 8.78 Å². The topological polar surface area (TPSA) is 55.4 Å². The summed E-state index contributed by atoms with van der Waals surface area (Å²) in [6, 6.07) is 3.40. The van der Waals surface area contributed by atoms with Crippen molar-refractivity contribution in [1.29, 1.82) is 0 Å². The normalized spacial score (nSPS) is 11.1. The lowest BCUT2D eigenvalue weighted by Gasteiger charge is -2.19. The molecule has 4 nitrogen and oxygen atoms in total. The Kier molecular flexibility index (Phi) is 5.81. The van der Waals surface area contributed by atoms with Crippen molar-refractivity contribution in [2.45, 2.75) is 45.8 Å². The highest BCUT2D eigenvalue weighted by molar-refractivity contribution is 5.81. The van der Waals surface area contributed by atoms with E-state index in [1.165, 1.54) is 6.07 Å². The second-order valence-electron chi connectivity index (χ2n) is 5.61. The summed E-state index contributed by atoms with van der Waals surface area (Å²) >= 11 is 0. The second kappa shape index (κ2) is 7.15. The Morgan fingerprint density at radius 2 is 1.81 bits per heavy atom. The fourth-order valence-electron chi connectivity index (χ4n) is 1.55. The van der Waals surface area contributed by atoms with E-state index in [-0.39, 0.29) is 25.3 Å². The molecule has 1 rings (SSSR count). The molecule has 0 aromatic heterocycles. The van der Waals surface area contributed by atoms with Gasteiger partial charge in [-0.3, -0.25) is 9.59 Å². The Balaban J connectivity index is 2.34. The molecule has 1 aromatic rings. The largest absolute Gasteiger partial charge is 0.460 e. The van der Waals surface area contributed by atoms with Crippen molar-refractivity contribution in [3.05, 3.63) is 35.4 Å². The van der Waals surface area contributed by atoms with E-state index in [1.807, 2.05) is 0 Å². The number of nitrogens with one attached hydrogen (secondary N) is 1. The Morgan fingerprint density at radius 3 is 2.38 bits per heavy atom. The maximum absolute atomic E-state index is 13.0. The van der Waals surface area contributed by atoms with E-state index in [0.29, 0.717) is 5.56 Å². The lowest BCUT2D eigenvalue weighted by molar-refractivity contribution is -0.155. The first-order valence-corrected chi connectivity index (χ1v) is 6.60. The summed E-state index contributed by atoms with van der Waals surface area (Å²) in [5.41, 5.74) is -0.140. The molecule has 0 fully saturated rings. The highest BCUT2D eigenvalue weighted by atomic mass is 19.2. The molecule has 0 aliphatic heterocycles. The number of esters is 1. The molecule has 6 heteroatoms. The quantitative estimate of drug-likeness (QED) is 0.851. The maximum Gasteiger partial charge on any atom is 0.306 e. The summed E-state index contributed by atoms with van der Waals surface area (Å²) in [6.45, 7) is 5.31. The number of benzene rings is 1. The van der Waals surface area contributed by atoms with E-state index in [4.69, 9.17) is 4.74 Å². The first-order chi connectivity index (χ1) is 9.67. The van der Waals surface area contributed by atoms with E-state index in [0.717, 1.165) is 12.1 Å². The SMILES string of the molecule is CC(C)(C)OC(=O)CCC(=O)NCc1ccc(F)c(F)c1. The maximum atomic E-state index is 13.0. The van der Waals surface area contributed by atoms with Crippen molar-refractivity contribution in [3.63, 3.8) is 0 Å². The number of carbonyl (C=O) groups excluding carboxylic acids is 2. The van der Waals surface area contributed by atoms with Crippen LogP contribution in [0.15, 0.2) is 18.2 Å². The van der Waals surface area contributed by atoms with Gasteiger partial charge in [0.05, 0.1) is 6.42 Å². The monoisotopic (exact) mass is 299 g/mol. The summed E-state index contributed by atoms with van der Waals surface area (Å²) < 4.78 is 30.8. The Hall–Kier alpha value is -1.98. The molecule has 0 bridgehead atoms. The van der Waals surface area contributed by atoms with Crippen molar-refractivity contribution in [1.82, 2.24) is 5.32 Å². The fraction of sp³-hybridized carbons (Fsp3) is 0.467. The molecule has 0 saturated heterocycles. The van der Waals surface area contributed by atoms with Gasteiger partial charge in [0.1, 0.15) is 5.60 Å². The molecule has 116 valence electrons. The Labute approximate surface area is 122 Å². The number of amides is 1. The predicted molar refractivity (Wildman–Crippen MR) is 73.3 cm³/mol. The van der Waals surface area contributed by atoms with Gasteiger partial charge in [-0.05, 0) is 38.5 Å². The van der Waals surface area contributed by atoms with Crippen molar-refractivity contribution in [3.8, 4) is 0 Å². The molecule has 1 amide bonds. The molecule has 0 spiro atoms. The molecule has 21 heavy (non-hydrogen) atoms. The smallest absolute Gasteiger partial charge is 0.306 e. The zero-order chi connectivity index (χ0) is 16.0. The average Bonchev–Trinajstić information content (AvgIpc) is 2.36. The van der Waals surface area contributed by atoms with Crippen molar-refractivity contribution in [2.75, 3.05) is 0 Å². The van der Waals surface area contributed by atoms with Gasteiger partial charge < -0.3 is 10.1 Å². The average molecular weight is 299 g/mol. The molecular weight excluding hydrogens is 280 g/mol. The molecule has 0 aliphatic carbocycles. The summed E-state index contributed by atoms with van der Waals surface area (Å²) in [5.74, 6) is -2.71. The summed E-state index contributed by atoms with van der Waals surface area (Å²) in [6.07, 6.45) is -0.0422. The lowest BCUT2D eigenvalue weighted by atomic mass is 10.2. The highest BCUT2D eigenvalue weighted by Gasteiger charge is 2.17. The summed E-state index contributed by atoms with van der Waals surface area (Å²) in [4.78, 5) is 23.0. The lowest BCUT2D eigenvalue weighted by Crippen LogP contribution is -2.27. The van der Waals surface area contributed by atoms with Crippen LogP contribution < -0.4 is 5.32 Å². The number of hydrogen-bond donors (Lipinski definition) is 1. The van der Waals surface area contributed by atoms with E-state index < -0.39 is 23.2 Å². The van der Waals surface area contributed by atoms with E-state index in [2.05, 4.69) is 5.32 Å². The minimum Gasteiger partial charge on any atom is -0.460 e. The van der Waals surface area contributed by atoms with Crippen LogP contribution in [-0.4, -0.2) is 17.5 Å². The third-order valence-electron chi connectivity index (χ3n) is 2.45. The minimum atomic E-state index is -0.962. The molecule has 1 aromatic carbocycles. The Morgan fingerprint density at radius 1 is 1.14 bits per heavy atom. The van der Waals surface area contributed by atoms with Crippen molar-refractivity contribution in [2.24, 2.45) is 0 Å². The standard InChI is InChI=1S/C15H19F2NO3/c1-15(2,3)21-14(20)7-6-13(19)18-9-10-4-5-11(16)12(17)8-10/h4-5,8H,6-7,9H2,1-3H3,(H,18,19). The van der Waals surface area contributed by atoms with E-state index in [9.17, 15) is 18.4 Å². The van der Waals surface area contributed by atoms with Gasteiger partial charge in [-0.2, -0.15) is 0 Å². The first kappa shape index (κ1) is 17.1. The predicted octanol–water partition coefficient (Wildman–Crippen LogP) is 2.70. The molecule has 0 aliphatic rings.